The fourth-order valence-corrected chi connectivity index (χ4v) is 6.33. The highest BCUT2D eigenvalue weighted by molar-refractivity contribution is 5.84. The Morgan fingerprint density at radius 3 is 2.26 bits per heavy atom. The van der Waals surface area contributed by atoms with E-state index in [2.05, 4.69) is 20.1 Å². The molecule has 4 aliphatic rings. The zero-order chi connectivity index (χ0) is 23.8. The molecule has 0 unspecified atom stereocenters. The molecule has 35 heavy (non-hydrogen) atoms. The Morgan fingerprint density at radius 2 is 1.57 bits per heavy atom. The molecule has 6 rings (SSSR count). The van der Waals surface area contributed by atoms with E-state index >= 15 is 0 Å². The van der Waals surface area contributed by atoms with Gasteiger partial charge in [0.15, 0.2) is 17.0 Å². The SMILES string of the molecule is NC1CCC(Nc2nc(NC3CCN(C(=O)C4CCC4)CC3)c3ncn(C4CCCC4)c3n2)CC1. The first-order valence-electron chi connectivity index (χ1n) is 14.0. The minimum atomic E-state index is 0.281. The standard InChI is InChI=1S/C26H40N8O/c27-18-8-10-19(11-9-18)30-26-31-23(22-24(32-26)34(16-28-22)21-6-1-2-7-21)29-20-12-14-33(15-13-20)25(35)17-4-3-5-17/h16-21H,1-15,27H2,(H2,29,30,31,32). The predicted molar refractivity (Wildman–Crippen MR) is 137 cm³/mol. The van der Waals surface area contributed by atoms with Gasteiger partial charge in [-0.25, -0.2) is 4.98 Å². The average molecular weight is 481 g/mol. The summed E-state index contributed by atoms with van der Waals surface area (Å²) >= 11 is 0. The molecule has 190 valence electrons. The normalized spacial score (nSPS) is 26.7. The molecule has 2 aromatic rings. The number of hydrogen-bond donors (Lipinski definition) is 3. The third kappa shape index (κ3) is 4.84. The molecule has 3 aliphatic carbocycles. The van der Waals surface area contributed by atoms with Crippen molar-refractivity contribution in [2.24, 2.45) is 11.7 Å². The number of anilines is 2. The smallest absolute Gasteiger partial charge is 0.227 e. The second kappa shape index (κ2) is 9.91. The van der Waals surface area contributed by atoms with Crippen molar-refractivity contribution in [3.8, 4) is 0 Å². The number of carbonyl (C=O) groups excluding carboxylic acids is 1. The number of hydrogen-bond acceptors (Lipinski definition) is 7. The van der Waals surface area contributed by atoms with Crippen molar-refractivity contribution in [1.29, 1.82) is 0 Å². The number of nitrogens with one attached hydrogen (secondary N) is 2. The van der Waals surface area contributed by atoms with Crippen LogP contribution in [-0.4, -0.2) is 61.5 Å². The van der Waals surface area contributed by atoms with Crippen LogP contribution in [0.25, 0.3) is 11.2 Å². The molecule has 4 fully saturated rings. The van der Waals surface area contributed by atoms with Gasteiger partial charge in [0.2, 0.25) is 11.9 Å². The van der Waals surface area contributed by atoms with Gasteiger partial charge in [0.25, 0.3) is 0 Å². The number of nitrogens with two attached hydrogens (primary N) is 1. The zero-order valence-electron chi connectivity index (χ0n) is 20.8. The van der Waals surface area contributed by atoms with E-state index in [4.69, 9.17) is 20.7 Å². The molecule has 0 aromatic carbocycles. The van der Waals surface area contributed by atoms with E-state index in [1.54, 1.807) is 0 Å². The van der Waals surface area contributed by atoms with E-state index in [0.717, 1.165) is 81.4 Å². The first-order valence-corrected chi connectivity index (χ1v) is 14.0. The quantitative estimate of drug-likeness (QED) is 0.576. The zero-order valence-corrected chi connectivity index (χ0v) is 20.8. The molecular weight excluding hydrogens is 440 g/mol. The summed E-state index contributed by atoms with van der Waals surface area (Å²) in [6, 6.07) is 1.45. The van der Waals surface area contributed by atoms with Crippen LogP contribution >= 0.6 is 0 Å². The van der Waals surface area contributed by atoms with Crippen LogP contribution < -0.4 is 16.4 Å². The number of carbonyl (C=O) groups is 1. The summed E-state index contributed by atoms with van der Waals surface area (Å²) in [4.78, 5) is 29.4. The highest BCUT2D eigenvalue weighted by Gasteiger charge is 2.32. The van der Waals surface area contributed by atoms with E-state index in [0.29, 0.717) is 30.0 Å². The van der Waals surface area contributed by atoms with Gasteiger partial charge in [0.05, 0.1) is 6.33 Å². The van der Waals surface area contributed by atoms with Gasteiger partial charge in [-0.3, -0.25) is 4.79 Å². The fourth-order valence-electron chi connectivity index (χ4n) is 6.33. The molecule has 9 nitrogen and oxygen atoms in total. The van der Waals surface area contributed by atoms with Gasteiger partial charge in [0.1, 0.15) is 0 Å². The Balaban J connectivity index is 1.20. The number of piperidine rings is 1. The van der Waals surface area contributed by atoms with E-state index < -0.39 is 0 Å². The van der Waals surface area contributed by atoms with E-state index in [9.17, 15) is 4.79 Å². The van der Waals surface area contributed by atoms with Gasteiger partial charge in [0, 0.05) is 43.2 Å². The van der Waals surface area contributed by atoms with E-state index in [1.165, 1.54) is 32.1 Å². The van der Waals surface area contributed by atoms with Crippen LogP contribution in [0.1, 0.15) is 89.5 Å². The first kappa shape index (κ1) is 23.0. The number of amides is 1. The highest BCUT2D eigenvalue weighted by atomic mass is 16.2. The molecule has 3 saturated carbocycles. The van der Waals surface area contributed by atoms with Gasteiger partial charge in [-0.1, -0.05) is 19.3 Å². The lowest BCUT2D eigenvalue weighted by Gasteiger charge is -2.37. The van der Waals surface area contributed by atoms with Crippen LogP contribution in [0.15, 0.2) is 6.33 Å². The number of fused-ring (bicyclic) bond motifs is 1. The predicted octanol–water partition coefficient (Wildman–Crippen LogP) is 3.83. The maximum Gasteiger partial charge on any atom is 0.227 e. The summed E-state index contributed by atoms with van der Waals surface area (Å²) in [5.41, 5.74) is 7.91. The Kier molecular flexibility index (Phi) is 6.52. The largest absolute Gasteiger partial charge is 0.365 e. The lowest BCUT2D eigenvalue weighted by atomic mass is 9.84. The van der Waals surface area contributed by atoms with E-state index in [1.807, 2.05) is 6.33 Å². The Hall–Kier alpha value is -2.42. The Bertz CT molecular complexity index is 1030. The van der Waals surface area contributed by atoms with Crippen LogP contribution in [0.5, 0.6) is 0 Å². The Morgan fingerprint density at radius 1 is 0.857 bits per heavy atom. The molecule has 0 radical (unpaired) electrons. The summed E-state index contributed by atoms with van der Waals surface area (Å²) in [6.45, 7) is 1.65. The van der Waals surface area contributed by atoms with Crippen molar-refractivity contribution in [3.63, 3.8) is 0 Å². The lowest BCUT2D eigenvalue weighted by molar-refractivity contribution is -0.139. The number of likely N-dealkylation sites (tertiary alicyclic amines) is 1. The van der Waals surface area contributed by atoms with Gasteiger partial charge in [-0.15, -0.1) is 0 Å². The summed E-state index contributed by atoms with van der Waals surface area (Å²) < 4.78 is 2.27. The molecule has 0 atom stereocenters. The topological polar surface area (TPSA) is 114 Å². The van der Waals surface area contributed by atoms with E-state index in [-0.39, 0.29) is 12.0 Å². The van der Waals surface area contributed by atoms with Crippen LogP contribution in [0.4, 0.5) is 11.8 Å². The van der Waals surface area contributed by atoms with Crippen LogP contribution in [0.3, 0.4) is 0 Å². The maximum atomic E-state index is 12.7. The van der Waals surface area contributed by atoms with Crippen molar-refractivity contribution in [3.05, 3.63) is 6.33 Å². The van der Waals surface area contributed by atoms with Gasteiger partial charge in [-0.2, -0.15) is 9.97 Å². The lowest BCUT2D eigenvalue weighted by Crippen LogP contribution is -2.46. The second-order valence-electron chi connectivity index (χ2n) is 11.3. The minimum absolute atomic E-state index is 0.281. The van der Waals surface area contributed by atoms with Crippen molar-refractivity contribution in [2.45, 2.75) is 108 Å². The highest BCUT2D eigenvalue weighted by Crippen LogP contribution is 2.34. The third-order valence-electron chi connectivity index (χ3n) is 8.85. The molecule has 4 N–H and O–H groups in total. The molecule has 9 heteroatoms. The molecule has 1 amide bonds. The number of rotatable bonds is 6. The Labute approximate surface area is 207 Å². The van der Waals surface area contributed by atoms with Crippen molar-refractivity contribution in [2.75, 3.05) is 23.7 Å². The van der Waals surface area contributed by atoms with Crippen LogP contribution in [0.2, 0.25) is 0 Å². The summed E-state index contributed by atoms with van der Waals surface area (Å²) in [5, 5.41) is 7.32. The summed E-state index contributed by atoms with van der Waals surface area (Å²) in [5.74, 6) is 2.17. The monoisotopic (exact) mass is 480 g/mol. The molecule has 1 aliphatic heterocycles. The molecule has 0 bridgehead atoms. The molecule has 2 aromatic heterocycles. The molecule has 0 spiro atoms. The molecular formula is C26H40N8O. The first-order chi connectivity index (χ1) is 17.1. The summed E-state index contributed by atoms with van der Waals surface area (Å²) in [7, 11) is 0. The van der Waals surface area contributed by atoms with Crippen molar-refractivity contribution < 1.29 is 4.79 Å². The van der Waals surface area contributed by atoms with Crippen LogP contribution in [0, 0.1) is 5.92 Å². The average Bonchev–Trinajstić information content (AvgIpc) is 3.50. The third-order valence-corrected chi connectivity index (χ3v) is 8.85. The summed E-state index contributed by atoms with van der Waals surface area (Å²) in [6.07, 6.45) is 16.3. The number of imidazole rings is 1. The van der Waals surface area contributed by atoms with Crippen LogP contribution in [-0.2, 0) is 4.79 Å². The second-order valence-corrected chi connectivity index (χ2v) is 11.3. The minimum Gasteiger partial charge on any atom is -0.365 e. The van der Waals surface area contributed by atoms with Gasteiger partial charge < -0.3 is 25.8 Å². The maximum absolute atomic E-state index is 12.7. The number of nitrogens with zero attached hydrogens (tertiary/aromatic N) is 5. The van der Waals surface area contributed by atoms with Gasteiger partial charge >= 0.3 is 0 Å². The van der Waals surface area contributed by atoms with Gasteiger partial charge in [-0.05, 0) is 64.2 Å². The molecule has 1 saturated heterocycles. The molecule has 3 heterocycles. The fraction of sp³-hybridized carbons (Fsp3) is 0.769. The van der Waals surface area contributed by atoms with Crippen molar-refractivity contribution >= 4 is 28.8 Å². The number of aromatic nitrogens is 4. The van der Waals surface area contributed by atoms with Crippen molar-refractivity contribution in [1.82, 2.24) is 24.4 Å².